The normalized spacial score (nSPS) is 30.2. The minimum atomic E-state index is 0.0249. The molecule has 0 radical (unpaired) electrons. The first-order valence-electron chi connectivity index (χ1n) is 14.9. The van der Waals surface area contributed by atoms with Crippen molar-refractivity contribution in [2.75, 3.05) is 45.3 Å². The Morgan fingerprint density at radius 3 is 2.79 bits per heavy atom. The molecule has 0 spiro atoms. The van der Waals surface area contributed by atoms with Crippen molar-refractivity contribution in [1.82, 2.24) is 15.2 Å². The average Bonchev–Trinajstić information content (AvgIpc) is 2.97. The Labute approximate surface area is 233 Å². The summed E-state index contributed by atoms with van der Waals surface area (Å²) in [5.74, 6) is 0.498. The second-order valence-electron chi connectivity index (χ2n) is 11.6. The largest absolute Gasteiger partial charge is 0.382 e. The number of carbonyl (C=O) groups excluding carboxylic acids is 1. The number of allylic oxidation sites excluding steroid dienone is 3. The van der Waals surface area contributed by atoms with Crippen molar-refractivity contribution < 1.29 is 19.0 Å². The third-order valence-corrected chi connectivity index (χ3v) is 8.94. The van der Waals surface area contributed by atoms with Crippen LogP contribution in [0.2, 0.25) is 0 Å². The summed E-state index contributed by atoms with van der Waals surface area (Å²) in [5, 5.41) is 7.34. The molecule has 1 aromatic rings. The number of pyridine rings is 1. The number of amides is 1. The van der Waals surface area contributed by atoms with Crippen LogP contribution in [0, 0.1) is 12.8 Å². The highest BCUT2D eigenvalue weighted by molar-refractivity contribution is 5.95. The molecule has 4 aliphatic rings. The van der Waals surface area contributed by atoms with E-state index in [0.29, 0.717) is 30.3 Å². The molecule has 0 saturated carbocycles. The van der Waals surface area contributed by atoms with E-state index in [2.05, 4.69) is 40.8 Å². The van der Waals surface area contributed by atoms with Gasteiger partial charge in [-0.15, -0.1) is 0 Å². The van der Waals surface area contributed by atoms with Gasteiger partial charge >= 0.3 is 0 Å². The molecule has 3 fully saturated rings. The number of nitrogens with zero attached hydrogens (tertiary/aromatic N) is 2. The molecule has 4 heterocycles. The number of rotatable bonds is 8. The van der Waals surface area contributed by atoms with Gasteiger partial charge in [0.15, 0.2) is 0 Å². The monoisotopic (exact) mass is 538 g/mol. The van der Waals surface area contributed by atoms with Crippen molar-refractivity contribution in [2.45, 2.75) is 89.2 Å². The molecular formula is C31H46N4O4. The quantitative estimate of drug-likeness (QED) is 0.512. The highest BCUT2D eigenvalue weighted by Gasteiger charge is 2.32. The zero-order chi connectivity index (χ0) is 27.2. The standard InChI is InChI=1S/C31H46N4O4/c1-21-7-9-23(10-8-21)28-6-4-5-25(39-28)19-33-26-11-15-32-30(22(26)2)31(36)35-16-12-24(13-17-35)34-27-14-18-38-20-29(27)37-3/h7-9,11,15,23-25,27-29,34H,4-6,10,12-14,16-20H2,1-3H3,(H,32,33)/t23?,25-,27-,28+,29+/m1/s1. The van der Waals surface area contributed by atoms with Crippen LogP contribution in [0.4, 0.5) is 5.69 Å². The molecule has 8 heteroatoms. The SMILES string of the molecule is CO[C@H]1COCC[C@H]1NC1CCN(C(=O)c2nccc(NC[C@H]3CCC[C@@H](C4C=CC(C)=CC4)O3)c2C)CC1. The van der Waals surface area contributed by atoms with E-state index in [9.17, 15) is 4.79 Å². The topological polar surface area (TPSA) is 85.0 Å². The summed E-state index contributed by atoms with van der Waals surface area (Å²) < 4.78 is 17.7. The summed E-state index contributed by atoms with van der Waals surface area (Å²) in [6, 6.07) is 2.67. The number of methoxy groups -OCH3 is 1. The van der Waals surface area contributed by atoms with Crippen LogP contribution in [-0.2, 0) is 14.2 Å². The van der Waals surface area contributed by atoms with Crippen LogP contribution in [0.5, 0.6) is 0 Å². The van der Waals surface area contributed by atoms with E-state index in [4.69, 9.17) is 14.2 Å². The van der Waals surface area contributed by atoms with Gasteiger partial charge in [-0.1, -0.05) is 23.8 Å². The van der Waals surface area contributed by atoms with E-state index in [0.717, 1.165) is 76.0 Å². The maximum absolute atomic E-state index is 13.5. The number of carbonyl (C=O) groups is 1. The Balaban J connectivity index is 1.12. The van der Waals surface area contributed by atoms with Crippen molar-refractivity contribution in [1.29, 1.82) is 0 Å². The minimum Gasteiger partial charge on any atom is -0.382 e. The summed E-state index contributed by atoms with van der Waals surface area (Å²) in [7, 11) is 1.75. The van der Waals surface area contributed by atoms with Gasteiger partial charge in [0, 0.05) is 68.8 Å². The summed E-state index contributed by atoms with van der Waals surface area (Å²) >= 11 is 0. The van der Waals surface area contributed by atoms with Crippen LogP contribution in [0.3, 0.4) is 0 Å². The molecule has 3 aliphatic heterocycles. The van der Waals surface area contributed by atoms with Crippen LogP contribution < -0.4 is 10.6 Å². The lowest BCUT2D eigenvalue weighted by molar-refractivity contribution is -0.0615. The van der Waals surface area contributed by atoms with Gasteiger partial charge in [-0.05, 0) is 64.9 Å². The Kier molecular flexibility index (Phi) is 9.71. The minimum absolute atomic E-state index is 0.0249. The molecule has 0 bridgehead atoms. The van der Waals surface area contributed by atoms with Crippen molar-refractivity contribution in [3.05, 3.63) is 47.3 Å². The average molecular weight is 539 g/mol. The summed E-state index contributed by atoms with van der Waals surface area (Å²) in [6.07, 6.45) is 16.4. The first-order valence-corrected chi connectivity index (χ1v) is 14.9. The van der Waals surface area contributed by atoms with E-state index < -0.39 is 0 Å². The van der Waals surface area contributed by atoms with Crippen LogP contribution in [0.15, 0.2) is 36.1 Å². The van der Waals surface area contributed by atoms with Crippen LogP contribution in [0.1, 0.15) is 67.9 Å². The van der Waals surface area contributed by atoms with Crippen LogP contribution >= 0.6 is 0 Å². The van der Waals surface area contributed by atoms with Crippen molar-refractivity contribution >= 4 is 11.6 Å². The zero-order valence-corrected chi connectivity index (χ0v) is 23.9. The fourth-order valence-corrected chi connectivity index (χ4v) is 6.42. The van der Waals surface area contributed by atoms with Gasteiger partial charge in [-0.3, -0.25) is 9.78 Å². The number of likely N-dealkylation sites (tertiary alicyclic amines) is 1. The lowest BCUT2D eigenvalue weighted by atomic mass is 9.87. The van der Waals surface area contributed by atoms with E-state index in [1.54, 1.807) is 13.3 Å². The number of nitrogens with one attached hydrogen (secondary N) is 2. The summed E-state index contributed by atoms with van der Waals surface area (Å²) in [4.78, 5) is 19.9. The van der Waals surface area contributed by atoms with Crippen LogP contribution in [-0.4, -0.2) is 86.1 Å². The first-order chi connectivity index (χ1) is 19.0. The predicted molar refractivity (Wildman–Crippen MR) is 153 cm³/mol. The van der Waals surface area contributed by atoms with Gasteiger partial charge in [-0.25, -0.2) is 0 Å². The Bertz CT molecular complexity index is 1040. The highest BCUT2D eigenvalue weighted by Crippen LogP contribution is 2.30. The lowest BCUT2D eigenvalue weighted by Gasteiger charge is -2.38. The number of ether oxygens (including phenoxy) is 3. The molecule has 0 aromatic carbocycles. The Hall–Kier alpha value is -2.26. The molecule has 2 N–H and O–H groups in total. The number of aromatic nitrogens is 1. The summed E-state index contributed by atoms with van der Waals surface area (Å²) in [5.41, 5.74) is 3.77. The Morgan fingerprint density at radius 2 is 2.03 bits per heavy atom. The number of hydrogen-bond acceptors (Lipinski definition) is 7. The molecule has 1 unspecified atom stereocenters. The first kappa shape index (κ1) is 28.3. The van der Waals surface area contributed by atoms with E-state index in [1.165, 1.54) is 12.0 Å². The second kappa shape index (κ2) is 13.4. The van der Waals surface area contributed by atoms with Gasteiger partial charge in [0.2, 0.25) is 0 Å². The second-order valence-corrected chi connectivity index (χ2v) is 11.6. The third kappa shape index (κ3) is 7.09. The van der Waals surface area contributed by atoms with E-state index in [-0.39, 0.29) is 24.2 Å². The predicted octanol–water partition coefficient (Wildman–Crippen LogP) is 4.26. The fraction of sp³-hybridized carbons (Fsp3) is 0.677. The molecule has 1 amide bonds. The molecule has 3 saturated heterocycles. The molecule has 5 atom stereocenters. The van der Waals surface area contributed by atoms with Gasteiger partial charge in [0.25, 0.3) is 5.91 Å². The van der Waals surface area contributed by atoms with Crippen molar-refractivity contribution in [3.63, 3.8) is 0 Å². The molecule has 5 rings (SSSR count). The van der Waals surface area contributed by atoms with Gasteiger partial charge < -0.3 is 29.7 Å². The molecule has 39 heavy (non-hydrogen) atoms. The molecular weight excluding hydrogens is 492 g/mol. The maximum Gasteiger partial charge on any atom is 0.272 e. The fourth-order valence-electron chi connectivity index (χ4n) is 6.42. The third-order valence-electron chi connectivity index (χ3n) is 8.94. The van der Waals surface area contributed by atoms with E-state index in [1.807, 2.05) is 17.9 Å². The van der Waals surface area contributed by atoms with Crippen molar-refractivity contribution in [2.24, 2.45) is 5.92 Å². The number of anilines is 1. The Morgan fingerprint density at radius 1 is 1.18 bits per heavy atom. The summed E-state index contributed by atoms with van der Waals surface area (Å²) in [6.45, 7) is 7.78. The lowest BCUT2D eigenvalue weighted by Crippen LogP contribution is -2.54. The number of piperidine rings is 1. The van der Waals surface area contributed by atoms with Gasteiger partial charge in [0.05, 0.1) is 24.9 Å². The zero-order valence-electron chi connectivity index (χ0n) is 23.9. The molecule has 8 nitrogen and oxygen atoms in total. The van der Waals surface area contributed by atoms with Gasteiger partial charge in [0.1, 0.15) is 5.69 Å². The van der Waals surface area contributed by atoms with E-state index >= 15 is 0 Å². The highest BCUT2D eigenvalue weighted by atomic mass is 16.5. The van der Waals surface area contributed by atoms with Crippen molar-refractivity contribution in [3.8, 4) is 0 Å². The number of hydrogen-bond donors (Lipinski definition) is 2. The molecule has 214 valence electrons. The maximum atomic E-state index is 13.5. The van der Waals surface area contributed by atoms with Crippen LogP contribution in [0.25, 0.3) is 0 Å². The smallest absolute Gasteiger partial charge is 0.272 e. The van der Waals surface area contributed by atoms with Gasteiger partial charge in [-0.2, -0.15) is 0 Å². The molecule has 1 aliphatic carbocycles. The molecule has 1 aromatic heterocycles.